The molecule has 0 saturated heterocycles. The molecule has 2 aromatic rings. The third kappa shape index (κ3) is 2.78. The number of rotatable bonds is 5. The Bertz CT molecular complexity index is 576. The monoisotopic (exact) mass is 275 g/mol. The van der Waals surface area contributed by atoms with Crippen molar-refractivity contribution in [1.82, 2.24) is 20.0 Å². The van der Waals surface area contributed by atoms with E-state index in [4.69, 9.17) is 5.11 Å². The van der Waals surface area contributed by atoms with Crippen LogP contribution in [0.15, 0.2) is 22.8 Å². The number of nitrogens with zero attached hydrogens (tertiary/aromatic N) is 4. The van der Waals surface area contributed by atoms with Crippen LogP contribution < -0.4 is 4.72 Å². The first-order valence-corrected chi connectivity index (χ1v) is 6.90. The predicted molar refractivity (Wildman–Crippen MR) is 60.0 cm³/mol. The van der Waals surface area contributed by atoms with E-state index < -0.39 is 10.0 Å². The van der Waals surface area contributed by atoms with E-state index in [0.717, 1.165) is 11.3 Å². The Balaban J connectivity index is 2.19. The number of aromatic nitrogens is 4. The van der Waals surface area contributed by atoms with Crippen molar-refractivity contribution in [2.24, 2.45) is 0 Å². The molecule has 0 bridgehead atoms. The van der Waals surface area contributed by atoms with Gasteiger partial charge in [-0.15, -0.1) is 10.2 Å². The number of aliphatic hydroxyl groups is 1. The summed E-state index contributed by atoms with van der Waals surface area (Å²) in [6, 6.07) is 0. The van der Waals surface area contributed by atoms with Crippen molar-refractivity contribution >= 4 is 26.5 Å². The van der Waals surface area contributed by atoms with Crippen LogP contribution in [-0.4, -0.2) is 40.1 Å². The lowest BCUT2D eigenvalue weighted by atomic mass is 10.7. The van der Waals surface area contributed by atoms with Crippen LogP contribution >= 0.6 is 11.3 Å². The topological polar surface area (TPSA) is 110 Å². The minimum absolute atomic E-state index is 0.0150. The van der Waals surface area contributed by atoms with Gasteiger partial charge in [0.1, 0.15) is 10.4 Å². The summed E-state index contributed by atoms with van der Waals surface area (Å²) >= 11 is 1.08. The molecule has 0 aliphatic rings. The molecule has 2 rings (SSSR count). The highest BCUT2D eigenvalue weighted by molar-refractivity contribution is 7.93. The van der Waals surface area contributed by atoms with Gasteiger partial charge in [-0.05, 0) is 0 Å². The second kappa shape index (κ2) is 4.77. The molecule has 0 atom stereocenters. The third-order valence-electron chi connectivity index (χ3n) is 1.83. The van der Waals surface area contributed by atoms with E-state index in [9.17, 15) is 8.42 Å². The molecule has 8 nitrogen and oxygen atoms in total. The summed E-state index contributed by atoms with van der Waals surface area (Å²) in [5.74, 6) is 0. The molecule has 2 N–H and O–H groups in total. The second-order valence-electron chi connectivity index (χ2n) is 3.01. The molecule has 0 fully saturated rings. The van der Waals surface area contributed by atoms with E-state index in [2.05, 4.69) is 20.0 Å². The lowest BCUT2D eigenvalue weighted by Gasteiger charge is -2.00. The second-order valence-corrected chi connectivity index (χ2v) is 5.53. The van der Waals surface area contributed by atoms with Crippen LogP contribution in [0.25, 0.3) is 0 Å². The molecule has 2 aromatic heterocycles. The highest BCUT2D eigenvalue weighted by Crippen LogP contribution is 2.15. The molecule has 10 heteroatoms. The largest absolute Gasteiger partial charge is 0.394 e. The number of nitrogens with one attached hydrogen (secondary N) is 1. The fourth-order valence-corrected chi connectivity index (χ4v) is 2.74. The van der Waals surface area contributed by atoms with E-state index in [1.165, 1.54) is 22.6 Å². The molecule has 0 aliphatic carbocycles. The zero-order valence-electron chi connectivity index (χ0n) is 8.52. The highest BCUT2D eigenvalue weighted by atomic mass is 32.2. The first-order chi connectivity index (χ1) is 8.12. The minimum Gasteiger partial charge on any atom is -0.394 e. The molecule has 0 aliphatic heterocycles. The Morgan fingerprint density at radius 1 is 1.53 bits per heavy atom. The van der Waals surface area contributed by atoms with Crippen molar-refractivity contribution in [3.63, 3.8) is 0 Å². The smallest absolute Gasteiger partial charge is 0.266 e. The van der Waals surface area contributed by atoms with Crippen LogP contribution in [0.4, 0.5) is 5.13 Å². The number of hydrogen-bond donors (Lipinski definition) is 2. The van der Waals surface area contributed by atoms with Crippen LogP contribution in [0.1, 0.15) is 0 Å². The van der Waals surface area contributed by atoms with Crippen LogP contribution in [0.3, 0.4) is 0 Å². The molecule has 92 valence electrons. The van der Waals surface area contributed by atoms with Gasteiger partial charge < -0.3 is 5.11 Å². The minimum atomic E-state index is -3.69. The summed E-state index contributed by atoms with van der Waals surface area (Å²) in [5.41, 5.74) is 1.42. The van der Waals surface area contributed by atoms with Gasteiger partial charge in [-0.25, -0.2) is 8.42 Å². The standard InChI is InChI=1S/C7H9N5O3S2/c13-2-1-12-4-6(3-9-12)17(14,15)11-7-10-8-5-16-7/h3-5,13H,1-2H2,(H,10,11). The zero-order valence-corrected chi connectivity index (χ0v) is 10.1. The normalized spacial score (nSPS) is 11.6. The Hall–Kier alpha value is -1.52. The maximum atomic E-state index is 11.8. The van der Waals surface area contributed by atoms with Crippen molar-refractivity contribution < 1.29 is 13.5 Å². The van der Waals surface area contributed by atoms with Crippen LogP contribution in [0.5, 0.6) is 0 Å². The lowest BCUT2D eigenvalue weighted by Crippen LogP contribution is -2.12. The SMILES string of the molecule is O=S(=O)(Nc1nncs1)c1cnn(CCO)c1. The number of sulfonamides is 1. The molecule has 0 saturated carbocycles. The Morgan fingerprint density at radius 3 is 3.00 bits per heavy atom. The molecule has 2 heterocycles. The van der Waals surface area contributed by atoms with Crippen LogP contribution in [0, 0.1) is 0 Å². The van der Waals surface area contributed by atoms with Gasteiger partial charge in [-0.1, -0.05) is 11.3 Å². The van der Waals surface area contributed by atoms with Crippen molar-refractivity contribution in [1.29, 1.82) is 0 Å². The van der Waals surface area contributed by atoms with Crippen molar-refractivity contribution in [2.45, 2.75) is 11.4 Å². The molecule has 0 aromatic carbocycles. The lowest BCUT2D eigenvalue weighted by molar-refractivity contribution is 0.269. The first kappa shape index (κ1) is 12.0. The van der Waals surface area contributed by atoms with E-state index in [-0.39, 0.29) is 23.2 Å². The zero-order chi connectivity index (χ0) is 12.3. The van der Waals surface area contributed by atoms with Crippen LogP contribution in [0.2, 0.25) is 0 Å². The van der Waals surface area contributed by atoms with Gasteiger partial charge in [0.25, 0.3) is 10.0 Å². The highest BCUT2D eigenvalue weighted by Gasteiger charge is 2.17. The fraction of sp³-hybridized carbons (Fsp3) is 0.286. The van der Waals surface area contributed by atoms with Crippen molar-refractivity contribution in [2.75, 3.05) is 11.3 Å². The summed E-state index contributed by atoms with van der Waals surface area (Å²) in [7, 11) is -3.69. The van der Waals surface area contributed by atoms with Crippen molar-refractivity contribution in [3.05, 3.63) is 17.9 Å². The first-order valence-electron chi connectivity index (χ1n) is 4.54. The quantitative estimate of drug-likeness (QED) is 0.763. The molecule has 0 amide bonds. The van der Waals surface area contributed by atoms with Gasteiger partial charge in [0.2, 0.25) is 5.13 Å². The van der Waals surface area contributed by atoms with Gasteiger partial charge >= 0.3 is 0 Å². The van der Waals surface area contributed by atoms with Gasteiger partial charge in [-0.3, -0.25) is 9.40 Å². The fourth-order valence-electron chi connectivity index (χ4n) is 1.10. The van der Waals surface area contributed by atoms with E-state index in [1.54, 1.807) is 0 Å². The van der Waals surface area contributed by atoms with E-state index in [0.29, 0.717) is 0 Å². The summed E-state index contributed by atoms with van der Waals surface area (Å²) < 4.78 is 27.3. The van der Waals surface area contributed by atoms with Gasteiger partial charge in [0.05, 0.1) is 19.3 Å². The summed E-state index contributed by atoms with van der Waals surface area (Å²) in [6.45, 7) is 0.138. The molecule has 0 radical (unpaired) electrons. The van der Waals surface area contributed by atoms with Crippen molar-refractivity contribution in [3.8, 4) is 0 Å². The molecule has 17 heavy (non-hydrogen) atoms. The van der Waals surface area contributed by atoms with Crippen LogP contribution in [-0.2, 0) is 16.6 Å². The molecular formula is C7H9N5O3S2. The van der Waals surface area contributed by atoms with Gasteiger partial charge in [0.15, 0.2) is 0 Å². The molecular weight excluding hydrogens is 266 g/mol. The average molecular weight is 275 g/mol. The van der Waals surface area contributed by atoms with E-state index >= 15 is 0 Å². The summed E-state index contributed by atoms with van der Waals surface area (Å²) in [6.07, 6.45) is 2.54. The third-order valence-corrected chi connectivity index (χ3v) is 3.86. The Morgan fingerprint density at radius 2 is 2.35 bits per heavy atom. The van der Waals surface area contributed by atoms with E-state index in [1.807, 2.05) is 0 Å². The number of anilines is 1. The Kier molecular flexibility index (Phi) is 3.36. The average Bonchev–Trinajstić information content (AvgIpc) is 2.88. The molecule has 0 unspecified atom stereocenters. The predicted octanol–water partition coefficient (Wildman–Crippen LogP) is -0.472. The maximum absolute atomic E-state index is 11.8. The summed E-state index contributed by atoms with van der Waals surface area (Å²) in [4.78, 5) is 0.0150. The van der Waals surface area contributed by atoms with Gasteiger partial charge in [0, 0.05) is 6.20 Å². The number of aliphatic hydroxyl groups excluding tert-OH is 1. The van der Waals surface area contributed by atoms with Gasteiger partial charge in [-0.2, -0.15) is 5.10 Å². The summed E-state index contributed by atoms with van der Waals surface area (Å²) in [5, 5.41) is 19.8. The number of hydrogen-bond acceptors (Lipinski definition) is 7. The maximum Gasteiger partial charge on any atom is 0.266 e. The Labute approximate surface area is 101 Å². The molecule has 0 spiro atoms.